The van der Waals surface area contributed by atoms with Gasteiger partial charge in [0.15, 0.2) is 11.9 Å². The van der Waals surface area contributed by atoms with E-state index >= 15 is 0 Å². The van der Waals surface area contributed by atoms with Gasteiger partial charge in [-0.3, -0.25) is 68.4 Å². The minimum absolute atomic E-state index is 0.00114. The fourth-order valence-corrected chi connectivity index (χ4v) is 13.2. The van der Waals surface area contributed by atoms with Gasteiger partial charge in [-0.2, -0.15) is 0 Å². The van der Waals surface area contributed by atoms with Crippen LogP contribution in [0.3, 0.4) is 0 Å². The molecule has 0 unspecified atom stereocenters. The number of rotatable bonds is 32. The van der Waals surface area contributed by atoms with Gasteiger partial charge in [0.25, 0.3) is 0 Å². The third-order valence-corrected chi connectivity index (χ3v) is 19.3. The summed E-state index contributed by atoms with van der Waals surface area (Å²) in [4.78, 5) is 172. The van der Waals surface area contributed by atoms with Gasteiger partial charge in [-0.15, -0.1) is 0 Å². The van der Waals surface area contributed by atoms with Crippen LogP contribution in [0.4, 0.5) is 0 Å². The van der Waals surface area contributed by atoms with Gasteiger partial charge in [0, 0.05) is 66.0 Å². The van der Waals surface area contributed by atoms with E-state index in [0.29, 0.717) is 41.8 Å². The molecule has 34 heteroatoms. The van der Waals surface area contributed by atoms with Crippen molar-refractivity contribution < 1.29 is 67.7 Å². The normalized spacial score (nSPS) is 19.9. The van der Waals surface area contributed by atoms with Crippen LogP contribution in [-0.4, -0.2) is 231 Å². The molecule has 6 aromatic carbocycles. The number of benzene rings is 6. The Hall–Kier alpha value is -12.5. The monoisotopic (exact) mass is 1560 g/mol. The topological polar surface area (TPSA) is 520 Å². The van der Waals surface area contributed by atoms with Crippen molar-refractivity contribution in [1.82, 2.24) is 84.2 Å². The van der Waals surface area contributed by atoms with Crippen molar-refractivity contribution in [3.63, 3.8) is 0 Å². The van der Waals surface area contributed by atoms with E-state index < -0.39 is 132 Å². The largest absolute Gasteiger partial charge is 0.508 e. The maximum Gasteiger partial charge on any atom is 0.245 e. The number of carbonyl (C=O) groups is 12. The number of hydrogen-bond acceptors (Lipinski definition) is 18. The molecule has 22 N–H and O–H groups in total. The second-order valence-electron chi connectivity index (χ2n) is 28.0. The van der Waals surface area contributed by atoms with E-state index in [1.54, 1.807) is 24.3 Å². The summed E-state index contributed by atoms with van der Waals surface area (Å²) in [6, 6.07) is 28.1. The van der Waals surface area contributed by atoms with Crippen molar-refractivity contribution in [2.24, 2.45) is 11.5 Å². The van der Waals surface area contributed by atoms with Crippen molar-refractivity contribution in [2.45, 2.75) is 132 Å². The van der Waals surface area contributed by atoms with Crippen LogP contribution in [0, 0.1) is 10.8 Å². The molecule has 0 saturated carbocycles. The summed E-state index contributed by atoms with van der Waals surface area (Å²) in [5.41, 5.74) is 13.5. The molecule has 0 spiro atoms. The molecule has 8 rings (SSSR count). The Morgan fingerprint density at radius 2 is 0.726 bits per heavy atom. The van der Waals surface area contributed by atoms with Crippen molar-refractivity contribution in [3.05, 3.63) is 156 Å². The molecular formula is C79H104N20O14. The predicted octanol–water partition coefficient (Wildman–Crippen LogP) is -1.61. The molecule has 604 valence electrons. The molecule has 2 aliphatic rings. The first-order valence-electron chi connectivity index (χ1n) is 37.8. The molecule has 0 aliphatic carbocycles. The van der Waals surface area contributed by atoms with Gasteiger partial charge < -0.3 is 106 Å². The Labute approximate surface area is 654 Å². The van der Waals surface area contributed by atoms with Gasteiger partial charge in [0.2, 0.25) is 70.9 Å². The van der Waals surface area contributed by atoms with Crippen molar-refractivity contribution in [3.8, 4) is 11.5 Å². The molecule has 2 saturated heterocycles. The summed E-state index contributed by atoms with van der Waals surface area (Å²) < 4.78 is 0. The number of nitrogens with one attached hydrogen (secondary N) is 16. The summed E-state index contributed by atoms with van der Waals surface area (Å²) in [6.45, 7) is -0.300. The molecule has 2 heterocycles. The summed E-state index contributed by atoms with van der Waals surface area (Å²) in [5, 5.41) is 78.0. The molecule has 6 aromatic rings. The molecule has 2 aliphatic heterocycles. The SMILES string of the molecule is CN1C(=O)[C@@H](Cc2ccc(O)cc2)NC(=O)CNC(=O)[C@H](Cc2ccc3ccccc3c2)NC(=O)[C@H](CCCNC(=N)N)NC(=O)[C@H]1CCCNC(=O)CNCCCNCC(=O)NCCC[C@@H]1C(=O)N[C@@H](CCCNC(=N)N)C(=O)N[C@@H](Cc2ccc3ccccc3c2)C(=O)NCC(=O)N[C@H](Cc2ccc(O)cc2)C(=O)N1C. The van der Waals surface area contributed by atoms with Crippen LogP contribution in [0.5, 0.6) is 11.5 Å². The first kappa shape index (κ1) is 86.1. The van der Waals surface area contributed by atoms with Gasteiger partial charge in [0.05, 0.1) is 26.2 Å². The zero-order chi connectivity index (χ0) is 81.3. The minimum Gasteiger partial charge on any atom is -0.508 e. The van der Waals surface area contributed by atoms with E-state index in [2.05, 4.69) is 74.4 Å². The van der Waals surface area contributed by atoms with Crippen molar-refractivity contribution in [1.29, 1.82) is 10.8 Å². The summed E-state index contributed by atoms with van der Waals surface area (Å²) in [7, 11) is 2.77. The zero-order valence-electron chi connectivity index (χ0n) is 63.4. The second kappa shape index (κ2) is 43.8. The first-order chi connectivity index (χ1) is 54.3. The minimum atomic E-state index is -1.29. The van der Waals surface area contributed by atoms with Crippen LogP contribution in [0.1, 0.15) is 80.0 Å². The molecule has 8 atom stereocenters. The average molecular weight is 1560 g/mol. The van der Waals surface area contributed by atoms with Gasteiger partial charge >= 0.3 is 0 Å². The third-order valence-electron chi connectivity index (χ3n) is 19.3. The molecule has 113 heavy (non-hydrogen) atoms. The molecule has 0 bridgehead atoms. The number of amides is 12. The van der Waals surface area contributed by atoms with E-state index in [0.717, 1.165) is 21.5 Å². The lowest BCUT2D eigenvalue weighted by molar-refractivity contribution is -0.142. The van der Waals surface area contributed by atoms with E-state index in [1.165, 1.54) is 48.2 Å². The van der Waals surface area contributed by atoms with Gasteiger partial charge in [-0.05, 0) is 139 Å². The smallest absolute Gasteiger partial charge is 0.245 e. The number of carbonyl (C=O) groups excluding carboxylic acids is 12. The average Bonchev–Trinajstić information content (AvgIpc) is 1.35. The molecule has 2 fully saturated rings. The van der Waals surface area contributed by atoms with Gasteiger partial charge in [0.1, 0.15) is 59.8 Å². The number of aromatic hydroxyl groups is 2. The fraction of sp³-hybridized carbons (Fsp3) is 0.418. The Bertz CT molecular complexity index is 4070. The van der Waals surface area contributed by atoms with Crippen molar-refractivity contribution >= 4 is 104 Å². The Morgan fingerprint density at radius 1 is 0.389 bits per heavy atom. The predicted molar refractivity (Wildman–Crippen MR) is 423 cm³/mol. The van der Waals surface area contributed by atoms with Crippen molar-refractivity contribution in [2.75, 3.05) is 79.5 Å². The van der Waals surface area contributed by atoms with Crippen LogP contribution < -0.4 is 85.9 Å². The quantitative estimate of drug-likeness (QED) is 0.0128. The number of phenols is 2. The third kappa shape index (κ3) is 28.1. The highest BCUT2D eigenvalue weighted by molar-refractivity contribution is 5.99. The lowest BCUT2D eigenvalue weighted by atomic mass is 10.00. The standard InChI is InChI=1S/C79H104N20O14/c1-98-64(74(110)94-58(16-7-36-88-78(80)81)72(108)96-60(42-50-20-26-52-12-3-5-14-54(52)38-50)70(106)90-46-68(104)92-62(76(98)112)40-48-22-28-56(100)29-23-48)18-9-34-86-66(102)44-84-32-11-33-85-45-67(103)87-35-10-19-65-75(111)95-59(17-8-37-89-79(82)83)73(109)97-61(43-51-21-27-53-13-4-6-15-55(53)39-51)71(107)91-47-69(105)93-63(77(113)99(65)2)41-49-24-30-57(101)31-25-49/h3-6,12-15,20-31,38-39,58-65,84-85,100-101H,7-11,16-19,32-37,40-47H2,1-2H3,(H,86,102)(H,87,103)(H,90,106)(H,91,107)(H,92,104)(H,93,105)(H,94,110)(H,95,111)(H,96,108)(H,97,109)(H4,80,81,88)(H4,82,83,89)/t58-,59-,60-,61-,62+,63+,64+,65+/m0/s1. The van der Waals surface area contributed by atoms with Crippen LogP contribution in [0.2, 0.25) is 0 Å². The highest BCUT2D eigenvalue weighted by Gasteiger charge is 2.38. The van der Waals surface area contributed by atoms with E-state index in [9.17, 15) is 67.7 Å². The maximum atomic E-state index is 14.7. The highest BCUT2D eigenvalue weighted by Crippen LogP contribution is 2.22. The highest BCUT2D eigenvalue weighted by atomic mass is 16.3. The van der Waals surface area contributed by atoms with Crippen LogP contribution >= 0.6 is 0 Å². The molecule has 12 amide bonds. The Balaban J connectivity index is 0.849. The van der Waals surface area contributed by atoms with Crippen LogP contribution in [-0.2, 0) is 83.2 Å². The number of guanidine groups is 2. The van der Waals surface area contributed by atoms with E-state index in [-0.39, 0.29) is 140 Å². The van der Waals surface area contributed by atoms with E-state index in [4.69, 9.17) is 22.3 Å². The van der Waals surface area contributed by atoms with Crippen LogP contribution in [0.25, 0.3) is 21.5 Å². The first-order valence-corrected chi connectivity index (χ1v) is 37.8. The van der Waals surface area contributed by atoms with Crippen LogP contribution in [0.15, 0.2) is 133 Å². The Morgan fingerprint density at radius 3 is 1.11 bits per heavy atom. The lowest BCUT2D eigenvalue weighted by Gasteiger charge is -2.32. The fourth-order valence-electron chi connectivity index (χ4n) is 13.2. The molecule has 34 nitrogen and oxygen atoms in total. The number of likely N-dealkylation sites (N-methyl/N-ethyl adjacent to an activating group) is 2. The number of nitrogens with two attached hydrogens (primary N) is 2. The molecular weight excluding hydrogens is 1450 g/mol. The Kier molecular flexibility index (Phi) is 33.4. The summed E-state index contributed by atoms with van der Waals surface area (Å²) >= 11 is 0. The lowest BCUT2D eigenvalue weighted by Crippen LogP contribution is -2.58. The van der Waals surface area contributed by atoms with Gasteiger partial charge in [-0.25, -0.2) is 0 Å². The van der Waals surface area contributed by atoms with Gasteiger partial charge in [-0.1, -0.05) is 109 Å². The summed E-state index contributed by atoms with van der Waals surface area (Å²) in [6.07, 6.45) is 0.936. The number of nitrogens with zero attached hydrogens (tertiary/aromatic N) is 2. The maximum absolute atomic E-state index is 14.7. The number of fused-ring (bicyclic) bond motifs is 2. The number of hydrogen-bond donors (Lipinski definition) is 20. The second-order valence-corrected chi connectivity index (χ2v) is 28.0. The zero-order valence-corrected chi connectivity index (χ0v) is 63.4. The molecule has 0 radical (unpaired) electrons. The summed E-state index contributed by atoms with van der Waals surface area (Å²) in [5.74, 6) is -8.75. The number of phenolic OH excluding ortho intramolecular Hbond substituents is 2. The molecule has 0 aromatic heterocycles. The van der Waals surface area contributed by atoms with E-state index in [1.807, 2.05) is 84.9 Å².